The minimum Gasteiger partial charge on any atom is -0.344 e. The number of para-hydroxylation sites is 1. The molecule has 1 fully saturated rings. The molecule has 0 atom stereocenters. The second kappa shape index (κ2) is 8.34. The van der Waals surface area contributed by atoms with Crippen molar-refractivity contribution < 1.29 is 4.39 Å². The number of rotatable bonds is 5. The van der Waals surface area contributed by atoms with Crippen molar-refractivity contribution in [3.05, 3.63) is 72.4 Å². The van der Waals surface area contributed by atoms with Gasteiger partial charge >= 0.3 is 0 Å². The Morgan fingerprint density at radius 3 is 2.48 bits per heavy atom. The van der Waals surface area contributed by atoms with E-state index in [1.165, 1.54) is 12.1 Å². The zero-order valence-corrected chi connectivity index (χ0v) is 18.4. The Balaban J connectivity index is 1.11. The van der Waals surface area contributed by atoms with Gasteiger partial charge in [0.2, 0.25) is 10.1 Å². The molecule has 0 radical (unpaired) electrons. The quantitative estimate of drug-likeness (QED) is 0.398. The first kappa shape index (κ1) is 19.9. The van der Waals surface area contributed by atoms with Crippen LogP contribution in [0.15, 0.2) is 60.8 Å². The van der Waals surface area contributed by atoms with E-state index in [1.54, 1.807) is 32.7 Å². The summed E-state index contributed by atoms with van der Waals surface area (Å²) in [5, 5.41) is 17.9. The second-order valence-electron chi connectivity index (χ2n) is 7.85. The van der Waals surface area contributed by atoms with Gasteiger partial charge in [-0.1, -0.05) is 29.5 Å². The second-order valence-corrected chi connectivity index (χ2v) is 8.78. The molecule has 3 aromatic heterocycles. The van der Waals surface area contributed by atoms with Gasteiger partial charge in [-0.2, -0.15) is 4.68 Å². The number of imidazole rings is 1. The fourth-order valence-corrected chi connectivity index (χ4v) is 4.88. The van der Waals surface area contributed by atoms with Gasteiger partial charge in [-0.15, -0.1) is 10.2 Å². The summed E-state index contributed by atoms with van der Waals surface area (Å²) in [6.45, 7) is 4.22. The number of benzene rings is 2. The zero-order chi connectivity index (χ0) is 22.2. The molecular formula is C22H20FN9S. The van der Waals surface area contributed by atoms with Crippen LogP contribution in [0.3, 0.4) is 0 Å². The van der Waals surface area contributed by atoms with Crippen LogP contribution in [0.2, 0.25) is 0 Å². The third-order valence-electron chi connectivity index (χ3n) is 5.72. The van der Waals surface area contributed by atoms with Gasteiger partial charge in [-0.3, -0.25) is 4.90 Å². The normalized spacial score (nSPS) is 14.9. The molecule has 0 N–H and O–H groups in total. The Bertz CT molecular complexity index is 1340. The standard InChI is InChI=1S/C22H20FN9S/c23-17-8-6-16(7-9-17)19-14-31-21(24-19)33-22(26-31)30-12-10-29(11-13-30)15-20-25-27-28-32(20)18-4-2-1-3-5-18/h1-9,14H,10-13,15H2. The van der Waals surface area contributed by atoms with Crippen LogP contribution < -0.4 is 4.90 Å². The fourth-order valence-electron chi connectivity index (χ4n) is 3.95. The van der Waals surface area contributed by atoms with Crippen LogP contribution in [0.1, 0.15) is 5.82 Å². The average Bonchev–Trinajstić information content (AvgIpc) is 3.56. The van der Waals surface area contributed by atoms with Gasteiger partial charge in [0.15, 0.2) is 5.82 Å². The third-order valence-corrected chi connectivity index (χ3v) is 6.70. The molecule has 2 aromatic carbocycles. The fraction of sp³-hybridized carbons (Fsp3) is 0.227. The molecule has 6 rings (SSSR count). The number of halogens is 1. The van der Waals surface area contributed by atoms with E-state index in [2.05, 4.69) is 30.3 Å². The van der Waals surface area contributed by atoms with Gasteiger partial charge in [0.05, 0.1) is 24.1 Å². The van der Waals surface area contributed by atoms with E-state index in [4.69, 9.17) is 5.10 Å². The minimum absolute atomic E-state index is 0.254. The maximum atomic E-state index is 13.2. The largest absolute Gasteiger partial charge is 0.344 e. The van der Waals surface area contributed by atoms with Crippen molar-refractivity contribution >= 4 is 21.4 Å². The lowest BCUT2D eigenvalue weighted by Crippen LogP contribution is -2.46. The molecule has 0 unspecified atom stereocenters. The number of fused-ring (bicyclic) bond motifs is 1. The number of hydrogen-bond donors (Lipinski definition) is 0. The summed E-state index contributed by atoms with van der Waals surface area (Å²) in [6, 6.07) is 16.3. The summed E-state index contributed by atoms with van der Waals surface area (Å²) < 4.78 is 16.8. The number of piperazine rings is 1. The molecule has 4 heterocycles. The molecule has 0 saturated carbocycles. The molecule has 11 heteroatoms. The van der Waals surface area contributed by atoms with E-state index in [-0.39, 0.29) is 5.82 Å². The van der Waals surface area contributed by atoms with Crippen LogP contribution in [0.4, 0.5) is 9.52 Å². The van der Waals surface area contributed by atoms with Crippen LogP contribution in [0, 0.1) is 5.82 Å². The predicted octanol–water partition coefficient (Wildman–Crippen LogP) is 2.89. The van der Waals surface area contributed by atoms with Crippen LogP contribution >= 0.6 is 11.3 Å². The predicted molar refractivity (Wildman–Crippen MR) is 123 cm³/mol. The highest BCUT2D eigenvalue weighted by Crippen LogP contribution is 2.27. The molecule has 1 saturated heterocycles. The molecule has 9 nitrogen and oxygen atoms in total. The van der Waals surface area contributed by atoms with E-state index in [0.717, 1.165) is 59.0 Å². The van der Waals surface area contributed by atoms with Gasteiger partial charge in [-0.25, -0.2) is 13.9 Å². The van der Waals surface area contributed by atoms with Crippen molar-refractivity contribution in [1.29, 1.82) is 0 Å². The van der Waals surface area contributed by atoms with Crippen LogP contribution in [0.5, 0.6) is 0 Å². The first-order valence-corrected chi connectivity index (χ1v) is 11.5. The highest BCUT2D eigenvalue weighted by molar-refractivity contribution is 7.20. The Hall–Kier alpha value is -3.70. The molecule has 5 aromatic rings. The lowest BCUT2D eigenvalue weighted by Gasteiger charge is -2.33. The molecule has 1 aliphatic rings. The first-order chi connectivity index (χ1) is 16.2. The third kappa shape index (κ3) is 3.96. The number of aromatic nitrogens is 7. The van der Waals surface area contributed by atoms with Crippen LogP contribution in [0.25, 0.3) is 21.9 Å². The van der Waals surface area contributed by atoms with Gasteiger partial charge in [0, 0.05) is 31.7 Å². The van der Waals surface area contributed by atoms with Gasteiger partial charge in [-0.05, 0) is 46.8 Å². The Labute approximate surface area is 192 Å². The van der Waals surface area contributed by atoms with Crippen molar-refractivity contribution in [2.75, 3.05) is 31.1 Å². The van der Waals surface area contributed by atoms with Crippen molar-refractivity contribution in [3.63, 3.8) is 0 Å². The van der Waals surface area contributed by atoms with Gasteiger partial charge in [0.25, 0.3) is 0 Å². The highest BCUT2D eigenvalue weighted by Gasteiger charge is 2.22. The maximum Gasteiger partial charge on any atom is 0.214 e. The average molecular weight is 462 g/mol. The molecule has 1 aliphatic heterocycles. The number of hydrogen-bond acceptors (Lipinski definition) is 8. The number of tetrazole rings is 1. The number of anilines is 1. The Morgan fingerprint density at radius 1 is 0.939 bits per heavy atom. The van der Waals surface area contributed by atoms with E-state index >= 15 is 0 Å². The first-order valence-electron chi connectivity index (χ1n) is 10.6. The van der Waals surface area contributed by atoms with E-state index < -0.39 is 0 Å². The summed E-state index contributed by atoms with van der Waals surface area (Å²) in [5.74, 6) is 0.576. The molecule has 33 heavy (non-hydrogen) atoms. The van der Waals surface area contributed by atoms with Crippen molar-refractivity contribution in [3.8, 4) is 16.9 Å². The van der Waals surface area contributed by atoms with Crippen LogP contribution in [-0.4, -0.2) is 65.9 Å². The SMILES string of the molecule is Fc1ccc(-c2cn3nc(N4CCN(Cc5nnnn5-c5ccccc5)CC4)sc3n2)cc1. The number of nitrogens with zero attached hydrogens (tertiary/aromatic N) is 9. The monoisotopic (exact) mass is 461 g/mol. The van der Waals surface area contributed by atoms with Gasteiger partial charge < -0.3 is 4.90 Å². The highest BCUT2D eigenvalue weighted by atomic mass is 32.1. The smallest absolute Gasteiger partial charge is 0.214 e. The molecule has 166 valence electrons. The Morgan fingerprint density at radius 2 is 1.73 bits per heavy atom. The summed E-state index contributed by atoms with van der Waals surface area (Å²) in [7, 11) is 0. The van der Waals surface area contributed by atoms with Crippen molar-refractivity contribution in [2.45, 2.75) is 6.54 Å². The Kier molecular flexibility index (Phi) is 5.04. The summed E-state index contributed by atoms with van der Waals surface area (Å²) in [5.41, 5.74) is 2.63. The zero-order valence-electron chi connectivity index (χ0n) is 17.6. The minimum atomic E-state index is -0.254. The topological polar surface area (TPSA) is 80.3 Å². The molecule has 0 aliphatic carbocycles. The summed E-state index contributed by atoms with van der Waals surface area (Å²) >= 11 is 1.57. The van der Waals surface area contributed by atoms with E-state index in [0.29, 0.717) is 6.54 Å². The summed E-state index contributed by atoms with van der Waals surface area (Å²) in [6.07, 6.45) is 1.89. The van der Waals surface area contributed by atoms with Crippen molar-refractivity contribution in [2.24, 2.45) is 0 Å². The lowest BCUT2D eigenvalue weighted by molar-refractivity contribution is 0.242. The maximum absolute atomic E-state index is 13.2. The van der Waals surface area contributed by atoms with Crippen molar-refractivity contribution in [1.82, 2.24) is 39.7 Å². The van der Waals surface area contributed by atoms with E-state index in [1.807, 2.05) is 36.5 Å². The van der Waals surface area contributed by atoms with Crippen LogP contribution in [-0.2, 0) is 6.54 Å². The lowest BCUT2D eigenvalue weighted by atomic mass is 10.2. The summed E-state index contributed by atoms with van der Waals surface area (Å²) in [4.78, 5) is 10.1. The van der Waals surface area contributed by atoms with Gasteiger partial charge in [0.1, 0.15) is 5.82 Å². The molecule has 0 amide bonds. The molecule has 0 spiro atoms. The molecule has 0 bridgehead atoms. The molecular weight excluding hydrogens is 441 g/mol. The van der Waals surface area contributed by atoms with E-state index in [9.17, 15) is 4.39 Å².